The topological polar surface area (TPSA) is 69.9 Å². The molecule has 1 rings (SSSR count). The summed E-state index contributed by atoms with van der Waals surface area (Å²) in [6.07, 6.45) is 2.83. The molecular formula is C7H11BO4. The zero-order chi connectivity index (χ0) is 9.35. The first-order chi connectivity index (χ1) is 5.57. The maximum atomic E-state index is 9.40. The molecule has 0 aromatic carbocycles. The highest BCUT2D eigenvalue weighted by Gasteiger charge is 2.51. The summed E-state index contributed by atoms with van der Waals surface area (Å²) in [4.78, 5) is 0. The summed E-state index contributed by atoms with van der Waals surface area (Å²) in [5.74, 6) is 2.16. The molecule has 3 N–H and O–H groups in total. The van der Waals surface area contributed by atoms with Crippen molar-refractivity contribution in [2.45, 2.75) is 23.8 Å². The van der Waals surface area contributed by atoms with E-state index in [1.54, 1.807) is 7.85 Å². The predicted octanol–water partition coefficient (Wildman–Crippen LogP) is -2.94. The van der Waals surface area contributed by atoms with Gasteiger partial charge >= 0.3 is 0 Å². The zero-order valence-electron chi connectivity index (χ0n) is 6.77. The lowest BCUT2D eigenvalue weighted by Crippen LogP contribution is -2.45. The summed E-state index contributed by atoms with van der Waals surface area (Å²) in [7, 11) is 1.59. The average Bonchev–Trinajstić information content (AvgIpc) is 2.30. The van der Waals surface area contributed by atoms with E-state index in [4.69, 9.17) is 16.3 Å². The summed E-state index contributed by atoms with van der Waals surface area (Å²) in [5, 5.41) is 27.6. The Morgan fingerprint density at radius 2 is 2.17 bits per heavy atom. The Morgan fingerprint density at radius 3 is 2.33 bits per heavy atom. The van der Waals surface area contributed by atoms with Gasteiger partial charge in [-0.15, -0.1) is 6.42 Å². The van der Waals surface area contributed by atoms with Crippen LogP contribution in [0.25, 0.3) is 0 Å². The molecule has 0 unspecified atom stereocenters. The second kappa shape index (κ2) is 3.07. The number of hydrogen-bond acceptors (Lipinski definition) is 4. The van der Waals surface area contributed by atoms with Crippen molar-refractivity contribution >= 4 is 7.85 Å². The van der Waals surface area contributed by atoms with E-state index >= 15 is 0 Å². The van der Waals surface area contributed by atoms with Crippen LogP contribution in [0.15, 0.2) is 0 Å². The first-order valence-corrected chi connectivity index (χ1v) is 3.70. The minimum Gasteiger partial charge on any atom is -0.392 e. The number of aliphatic hydroxyl groups is 3. The van der Waals surface area contributed by atoms with Gasteiger partial charge in [-0.1, -0.05) is 5.92 Å². The van der Waals surface area contributed by atoms with Crippen molar-refractivity contribution in [2.75, 3.05) is 6.61 Å². The van der Waals surface area contributed by atoms with E-state index in [1.165, 1.54) is 0 Å². The van der Waals surface area contributed by atoms with Crippen LogP contribution >= 0.6 is 0 Å². The van der Waals surface area contributed by atoms with Crippen molar-refractivity contribution in [1.82, 2.24) is 0 Å². The number of aliphatic hydroxyl groups excluding tert-OH is 3. The zero-order valence-corrected chi connectivity index (χ0v) is 6.77. The molecule has 1 aliphatic rings. The molecule has 4 atom stereocenters. The summed E-state index contributed by atoms with van der Waals surface area (Å²) in [6.45, 7) is -0.494. The van der Waals surface area contributed by atoms with Crippen molar-refractivity contribution in [3.63, 3.8) is 0 Å². The summed E-state index contributed by atoms with van der Waals surface area (Å²) < 4.78 is 5.09. The van der Waals surface area contributed by atoms with E-state index in [-0.39, 0.29) is 0 Å². The third-order valence-corrected chi connectivity index (χ3v) is 2.16. The molecule has 0 saturated carbocycles. The standard InChI is InChI=1S/C7H11BO4/c1-2-7(3-9)5(11)4(10)6(8)12-7/h1,4-6,9-11H,3,8H2/t4-,5-,6+,7+/m0/s1. The van der Waals surface area contributed by atoms with E-state index in [0.717, 1.165) is 0 Å². The fraction of sp³-hybridized carbons (Fsp3) is 0.714. The van der Waals surface area contributed by atoms with Crippen molar-refractivity contribution in [3.8, 4) is 12.3 Å². The molecule has 12 heavy (non-hydrogen) atoms. The molecule has 1 saturated heterocycles. The molecule has 0 radical (unpaired) electrons. The molecule has 0 bridgehead atoms. The fourth-order valence-electron chi connectivity index (χ4n) is 1.30. The maximum Gasteiger partial charge on any atom is 0.178 e. The first kappa shape index (κ1) is 9.55. The van der Waals surface area contributed by atoms with Gasteiger partial charge in [-0.2, -0.15) is 0 Å². The Kier molecular flexibility index (Phi) is 2.45. The number of rotatable bonds is 1. The van der Waals surface area contributed by atoms with Gasteiger partial charge in [0.15, 0.2) is 5.60 Å². The molecule has 5 heteroatoms. The van der Waals surface area contributed by atoms with Gasteiger partial charge in [0.1, 0.15) is 20.1 Å². The van der Waals surface area contributed by atoms with E-state index in [2.05, 4.69) is 5.92 Å². The van der Waals surface area contributed by atoms with Crippen LogP contribution < -0.4 is 0 Å². The Hall–Kier alpha value is -0.535. The number of ether oxygens (including phenoxy) is 1. The fourth-order valence-corrected chi connectivity index (χ4v) is 1.30. The molecule has 4 nitrogen and oxygen atoms in total. The minimum atomic E-state index is -1.43. The second-order valence-corrected chi connectivity index (χ2v) is 2.95. The van der Waals surface area contributed by atoms with Crippen molar-refractivity contribution < 1.29 is 20.1 Å². The quantitative estimate of drug-likeness (QED) is 0.291. The smallest absolute Gasteiger partial charge is 0.178 e. The van der Waals surface area contributed by atoms with E-state index < -0.39 is 30.4 Å². The van der Waals surface area contributed by atoms with Crippen LogP contribution in [-0.4, -0.2) is 53.6 Å². The molecular weight excluding hydrogens is 159 g/mol. The third-order valence-electron chi connectivity index (χ3n) is 2.16. The lowest BCUT2D eigenvalue weighted by atomic mass is 9.90. The average molecular weight is 170 g/mol. The van der Waals surface area contributed by atoms with Gasteiger partial charge in [-0.25, -0.2) is 0 Å². The van der Waals surface area contributed by atoms with Crippen LogP contribution in [0.2, 0.25) is 0 Å². The van der Waals surface area contributed by atoms with Crippen LogP contribution in [0, 0.1) is 12.3 Å². The Bertz CT molecular complexity index is 214. The molecule has 1 aliphatic heterocycles. The van der Waals surface area contributed by atoms with E-state index in [9.17, 15) is 10.2 Å². The molecule has 0 spiro atoms. The van der Waals surface area contributed by atoms with Crippen molar-refractivity contribution in [2.24, 2.45) is 0 Å². The normalized spacial score (nSPS) is 47.3. The predicted molar refractivity (Wildman–Crippen MR) is 44.1 cm³/mol. The Labute approximate surface area is 71.6 Å². The van der Waals surface area contributed by atoms with Gasteiger partial charge in [-0.05, 0) is 0 Å². The lowest BCUT2D eigenvalue weighted by Gasteiger charge is -2.23. The molecule has 1 fully saturated rings. The van der Waals surface area contributed by atoms with Gasteiger partial charge in [0, 0.05) is 0 Å². The monoisotopic (exact) mass is 170 g/mol. The molecule has 66 valence electrons. The van der Waals surface area contributed by atoms with Gasteiger partial charge in [0.05, 0.1) is 12.6 Å². The third kappa shape index (κ3) is 1.13. The molecule has 0 amide bonds. The number of terminal acetylenes is 1. The van der Waals surface area contributed by atoms with Gasteiger partial charge in [0.2, 0.25) is 0 Å². The van der Waals surface area contributed by atoms with Crippen LogP contribution in [0.5, 0.6) is 0 Å². The highest BCUT2D eigenvalue weighted by Crippen LogP contribution is 2.28. The Morgan fingerprint density at radius 1 is 1.58 bits per heavy atom. The van der Waals surface area contributed by atoms with Crippen LogP contribution in [0.4, 0.5) is 0 Å². The highest BCUT2D eigenvalue weighted by molar-refractivity contribution is 6.11. The first-order valence-electron chi connectivity index (χ1n) is 3.70. The number of hydrogen-bond donors (Lipinski definition) is 3. The highest BCUT2D eigenvalue weighted by atomic mass is 16.6. The SMILES string of the molecule is B[C@@H]1O[C@](C#C)(CO)[C@@H](O)[C@@H]1O. The van der Waals surface area contributed by atoms with Gasteiger partial charge in [0.25, 0.3) is 0 Å². The summed E-state index contributed by atoms with van der Waals surface area (Å²) in [5.41, 5.74) is -1.43. The van der Waals surface area contributed by atoms with Crippen molar-refractivity contribution in [3.05, 3.63) is 0 Å². The minimum absolute atomic E-state index is 0.494. The van der Waals surface area contributed by atoms with Crippen LogP contribution in [0.3, 0.4) is 0 Å². The summed E-state index contributed by atoms with van der Waals surface area (Å²) in [6, 6.07) is -0.553. The lowest BCUT2D eigenvalue weighted by molar-refractivity contribution is -0.0585. The molecule has 0 aromatic rings. The molecule has 0 aromatic heterocycles. The molecule has 1 heterocycles. The van der Waals surface area contributed by atoms with E-state index in [0.29, 0.717) is 0 Å². The maximum absolute atomic E-state index is 9.40. The Balaban J connectivity index is 2.89. The largest absolute Gasteiger partial charge is 0.392 e. The van der Waals surface area contributed by atoms with Crippen LogP contribution in [0.1, 0.15) is 0 Å². The van der Waals surface area contributed by atoms with Crippen LogP contribution in [-0.2, 0) is 4.74 Å². The molecule has 0 aliphatic carbocycles. The van der Waals surface area contributed by atoms with Gasteiger partial charge in [-0.3, -0.25) is 0 Å². The second-order valence-electron chi connectivity index (χ2n) is 2.95. The van der Waals surface area contributed by atoms with E-state index in [1.807, 2.05) is 0 Å². The summed E-state index contributed by atoms with van der Waals surface area (Å²) >= 11 is 0. The van der Waals surface area contributed by atoms with Crippen molar-refractivity contribution in [1.29, 1.82) is 0 Å². The van der Waals surface area contributed by atoms with Gasteiger partial charge < -0.3 is 20.1 Å².